The highest BCUT2D eigenvalue weighted by Crippen LogP contribution is 2.30. The number of amidine groups is 1. The number of aromatic nitrogens is 1. The van der Waals surface area contributed by atoms with Crippen LogP contribution in [0.1, 0.15) is 28.1 Å². The second-order valence-electron chi connectivity index (χ2n) is 7.25. The topological polar surface area (TPSA) is 46.4 Å². The summed E-state index contributed by atoms with van der Waals surface area (Å²) >= 11 is 1.38. The van der Waals surface area contributed by atoms with Crippen molar-refractivity contribution in [3.63, 3.8) is 0 Å². The number of carbonyl (C=O) groups is 1. The smallest absolute Gasteiger partial charge is 0.264 e. The number of hydrogen-bond acceptors (Lipinski definition) is 3. The van der Waals surface area contributed by atoms with Gasteiger partial charge in [0.25, 0.3) is 5.91 Å². The second kappa shape index (κ2) is 7.76. The van der Waals surface area contributed by atoms with Gasteiger partial charge in [-0.05, 0) is 92.6 Å². The lowest BCUT2D eigenvalue weighted by Crippen LogP contribution is -2.19. The average molecular weight is 402 g/mol. The van der Waals surface area contributed by atoms with Gasteiger partial charge >= 0.3 is 0 Å². The highest BCUT2D eigenvalue weighted by Gasteiger charge is 2.24. The quantitative estimate of drug-likeness (QED) is 0.581. The third kappa shape index (κ3) is 3.91. The Kier molecular flexibility index (Phi) is 5.16. The molecular formula is C24H23N3OS. The summed E-state index contributed by atoms with van der Waals surface area (Å²) in [6.45, 7) is 8.29. The Morgan fingerprint density at radius 2 is 1.72 bits per heavy atom. The van der Waals surface area contributed by atoms with Crippen LogP contribution in [0.5, 0.6) is 0 Å². The molecule has 0 aliphatic carbocycles. The van der Waals surface area contributed by atoms with Crippen LogP contribution < -0.4 is 5.32 Å². The molecule has 4 rings (SSSR count). The molecule has 0 saturated carbocycles. The van der Waals surface area contributed by atoms with Crippen molar-refractivity contribution < 1.29 is 4.79 Å². The van der Waals surface area contributed by atoms with Gasteiger partial charge in [0.15, 0.2) is 5.17 Å². The van der Waals surface area contributed by atoms with Crippen molar-refractivity contribution in [3.8, 4) is 5.69 Å². The van der Waals surface area contributed by atoms with E-state index in [1.807, 2.05) is 42.5 Å². The minimum absolute atomic E-state index is 0.109. The lowest BCUT2D eigenvalue weighted by atomic mass is 10.1. The van der Waals surface area contributed by atoms with Crippen molar-refractivity contribution in [2.24, 2.45) is 4.99 Å². The van der Waals surface area contributed by atoms with Crippen LogP contribution in [0.4, 0.5) is 5.69 Å². The standard InChI is InChI=1S/C24H23N3OS/c1-15-10-11-20(12-16(15)2)25-24-26-23(28)22(29-24)14-19-13-17(3)27(18(19)4)21-8-6-5-7-9-21/h5-14H,1-4H3,(H,25,26,28)/b22-14-. The van der Waals surface area contributed by atoms with Gasteiger partial charge in [0.05, 0.1) is 10.6 Å². The Balaban J connectivity index is 1.63. The fourth-order valence-electron chi connectivity index (χ4n) is 3.44. The van der Waals surface area contributed by atoms with Gasteiger partial charge in [-0.2, -0.15) is 0 Å². The molecule has 1 fully saturated rings. The SMILES string of the molecule is Cc1ccc(N=C2NC(=O)/C(=C/c3cc(C)n(-c4ccccc4)c3C)S2)cc1C. The van der Waals surface area contributed by atoms with Crippen molar-refractivity contribution >= 4 is 34.6 Å². The summed E-state index contributed by atoms with van der Waals surface area (Å²) in [5, 5.41) is 3.49. The van der Waals surface area contributed by atoms with Gasteiger partial charge in [0, 0.05) is 17.1 Å². The van der Waals surface area contributed by atoms with Crippen LogP contribution in [0.2, 0.25) is 0 Å². The van der Waals surface area contributed by atoms with Crippen LogP contribution in [-0.2, 0) is 4.79 Å². The molecule has 2 heterocycles. The van der Waals surface area contributed by atoms with Crippen LogP contribution in [0.3, 0.4) is 0 Å². The molecule has 0 atom stereocenters. The van der Waals surface area contributed by atoms with E-state index in [4.69, 9.17) is 0 Å². The first kappa shape index (κ1) is 19.3. The predicted octanol–water partition coefficient (Wildman–Crippen LogP) is 5.60. The maximum Gasteiger partial charge on any atom is 0.264 e. The van der Waals surface area contributed by atoms with E-state index in [1.54, 1.807) is 0 Å². The van der Waals surface area contributed by atoms with E-state index in [0.717, 1.165) is 28.3 Å². The molecule has 1 saturated heterocycles. The Labute approximate surface area is 175 Å². The Bertz CT molecular complexity index is 1160. The first-order chi connectivity index (χ1) is 13.9. The molecule has 1 aromatic heterocycles. The molecule has 0 bridgehead atoms. The minimum Gasteiger partial charge on any atom is -0.318 e. The summed E-state index contributed by atoms with van der Waals surface area (Å²) in [4.78, 5) is 17.7. The molecule has 4 nitrogen and oxygen atoms in total. The van der Waals surface area contributed by atoms with E-state index in [9.17, 15) is 4.79 Å². The number of nitrogens with zero attached hydrogens (tertiary/aromatic N) is 2. The lowest BCUT2D eigenvalue weighted by Gasteiger charge is -2.09. The molecule has 3 aromatic rings. The number of para-hydroxylation sites is 1. The molecular weight excluding hydrogens is 378 g/mol. The molecule has 2 aromatic carbocycles. The molecule has 1 amide bonds. The van der Waals surface area contributed by atoms with Crippen LogP contribution in [0, 0.1) is 27.7 Å². The number of hydrogen-bond donors (Lipinski definition) is 1. The third-order valence-electron chi connectivity index (χ3n) is 5.14. The number of nitrogens with one attached hydrogen (secondary N) is 1. The fraction of sp³-hybridized carbons (Fsp3) is 0.167. The van der Waals surface area contributed by atoms with E-state index in [2.05, 4.69) is 60.8 Å². The zero-order valence-electron chi connectivity index (χ0n) is 17.0. The molecule has 0 radical (unpaired) electrons. The van der Waals surface area contributed by atoms with Crippen molar-refractivity contribution in [1.29, 1.82) is 0 Å². The summed E-state index contributed by atoms with van der Waals surface area (Å²) in [5.74, 6) is -0.109. The van der Waals surface area contributed by atoms with E-state index in [1.165, 1.54) is 22.9 Å². The molecule has 5 heteroatoms. The first-order valence-electron chi connectivity index (χ1n) is 9.53. The van der Waals surface area contributed by atoms with Gasteiger partial charge in [-0.3, -0.25) is 4.79 Å². The van der Waals surface area contributed by atoms with Crippen LogP contribution in [0.15, 0.2) is 64.5 Å². The summed E-state index contributed by atoms with van der Waals surface area (Å²) in [6, 6.07) is 18.4. The Morgan fingerprint density at radius 1 is 0.966 bits per heavy atom. The summed E-state index contributed by atoms with van der Waals surface area (Å²) in [6.07, 6.45) is 1.95. The number of rotatable bonds is 3. The van der Waals surface area contributed by atoms with Crippen LogP contribution in [0.25, 0.3) is 11.8 Å². The zero-order chi connectivity index (χ0) is 20.5. The molecule has 1 aliphatic rings. The number of aliphatic imine (C=N–C) groups is 1. The molecule has 1 N–H and O–H groups in total. The van der Waals surface area contributed by atoms with Crippen LogP contribution >= 0.6 is 11.8 Å². The second-order valence-corrected chi connectivity index (χ2v) is 8.28. The van der Waals surface area contributed by atoms with Gasteiger partial charge in [-0.15, -0.1) is 0 Å². The van der Waals surface area contributed by atoms with Gasteiger partial charge in [-0.1, -0.05) is 24.3 Å². The highest BCUT2D eigenvalue weighted by molar-refractivity contribution is 8.18. The van der Waals surface area contributed by atoms with Crippen molar-refractivity contribution in [2.45, 2.75) is 27.7 Å². The molecule has 0 spiro atoms. The Morgan fingerprint density at radius 3 is 2.45 bits per heavy atom. The normalized spacial score (nSPS) is 16.6. The van der Waals surface area contributed by atoms with Crippen LogP contribution in [-0.4, -0.2) is 15.6 Å². The number of aryl methyl sites for hydroxylation is 3. The molecule has 1 aliphatic heterocycles. The molecule has 0 unspecified atom stereocenters. The van der Waals surface area contributed by atoms with Crippen molar-refractivity contribution in [2.75, 3.05) is 0 Å². The zero-order valence-corrected chi connectivity index (χ0v) is 17.8. The highest BCUT2D eigenvalue weighted by atomic mass is 32.2. The van der Waals surface area contributed by atoms with Gasteiger partial charge < -0.3 is 9.88 Å². The Hall–Kier alpha value is -3.05. The van der Waals surface area contributed by atoms with Gasteiger partial charge in [0.2, 0.25) is 0 Å². The van der Waals surface area contributed by atoms with E-state index >= 15 is 0 Å². The van der Waals surface area contributed by atoms with Crippen molar-refractivity contribution in [3.05, 3.63) is 87.6 Å². The average Bonchev–Trinajstić information content (AvgIpc) is 3.17. The van der Waals surface area contributed by atoms with E-state index in [-0.39, 0.29) is 5.91 Å². The molecule has 29 heavy (non-hydrogen) atoms. The van der Waals surface area contributed by atoms with E-state index < -0.39 is 0 Å². The summed E-state index contributed by atoms with van der Waals surface area (Å²) in [7, 11) is 0. The number of thioether (sulfide) groups is 1. The number of amides is 1. The predicted molar refractivity (Wildman–Crippen MR) is 122 cm³/mol. The number of benzene rings is 2. The number of carbonyl (C=O) groups excluding carboxylic acids is 1. The lowest BCUT2D eigenvalue weighted by molar-refractivity contribution is -0.115. The maximum atomic E-state index is 12.5. The summed E-state index contributed by atoms with van der Waals surface area (Å²) in [5.41, 5.74) is 7.65. The van der Waals surface area contributed by atoms with E-state index in [0.29, 0.717) is 10.1 Å². The first-order valence-corrected chi connectivity index (χ1v) is 10.4. The van der Waals surface area contributed by atoms with Crippen molar-refractivity contribution in [1.82, 2.24) is 9.88 Å². The van der Waals surface area contributed by atoms with Gasteiger partial charge in [-0.25, -0.2) is 4.99 Å². The maximum absolute atomic E-state index is 12.5. The minimum atomic E-state index is -0.109. The monoisotopic (exact) mass is 401 g/mol. The summed E-state index contributed by atoms with van der Waals surface area (Å²) < 4.78 is 2.20. The fourth-order valence-corrected chi connectivity index (χ4v) is 4.27. The largest absolute Gasteiger partial charge is 0.318 e. The molecule has 146 valence electrons. The van der Waals surface area contributed by atoms with Gasteiger partial charge in [0.1, 0.15) is 0 Å². The third-order valence-corrected chi connectivity index (χ3v) is 6.05.